The van der Waals surface area contributed by atoms with Crippen molar-refractivity contribution >= 4 is 11.1 Å². The highest BCUT2D eigenvalue weighted by atomic mass is 19.1. The first-order chi connectivity index (χ1) is 11.0. The highest BCUT2D eigenvalue weighted by molar-refractivity contribution is 5.75. The SMILES string of the molecule is CCC(CC)CCCc1cc(=O)oc2nc(C(C)F)[nH]c(=O)c12. The summed E-state index contributed by atoms with van der Waals surface area (Å²) in [6.07, 6.45) is 3.33. The number of H-pyrrole nitrogens is 1. The Hall–Kier alpha value is -1.98. The molecule has 1 unspecified atom stereocenters. The Bertz CT molecular complexity index is 775. The van der Waals surface area contributed by atoms with Crippen LogP contribution in [0.1, 0.15) is 64.0 Å². The van der Waals surface area contributed by atoms with Crippen LogP contribution in [0.4, 0.5) is 4.39 Å². The number of alkyl halides is 1. The minimum atomic E-state index is -1.43. The molecule has 23 heavy (non-hydrogen) atoms. The first kappa shape index (κ1) is 17.4. The Kier molecular flexibility index (Phi) is 5.69. The fourth-order valence-corrected chi connectivity index (χ4v) is 2.83. The van der Waals surface area contributed by atoms with Crippen LogP contribution in [-0.4, -0.2) is 9.97 Å². The summed E-state index contributed by atoms with van der Waals surface area (Å²) in [7, 11) is 0. The molecule has 0 fully saturated rings. The van der Waals surface area contributed by atoms with Gasteiger partial charge in [-0.1, -0.05) is 33.1 Å². The normalized spacial score (nSPS) is 12.9. The van der Waals surface area contributed by atoms with Crippen molar-refractivity contribution in [1.82, 2.24) is 9.97 Å². The van der Waals surface area contributed by atoms with E-state index in [1.807, 2.05) is 0 Å². The zero-order valence-corrected chi connectivity index (χ0v) is 13.8. The number of halogens is 1. The van der Waals surface area contributed by atoms with Gasteiger partial charge in [0.25, 0.3) is 5.56 Å². The van der Waals surface area contributed by atoms with Crippen molar-refractivity contribution in [2.24, 2.45) is 5.92 Å². The van der Waals surface area contributed by atoms with E-state index in [0.717, 1.165) is 25.7 Å². The molecule has 0 saturated heterocycles. The van der Waals surface area contributed by atoms with Gasteiger partial charge in [0.1, 0.15) is 11.2 Å². The number of aryl methyl sites for hydroxylation is 1. The zero-order valence-electron chi connectivity index (χ0n) is 13.8. The van der Waals surface area contributed by atoms with E-state index >= 15 is 0 Å². The Morgan fingerprint density at radius 1 is 1.30 bits per heavy atom. The van der Waals surface area contributed by atoms with Gasteiger partial charge in [-0.3, -0.25) is 4.79 Å². The maximum Gasteiger partial charge on any atom is 0.337 e. The fourth-order valence-electron chi connectivity index (χ4n) is 2.83. The van der Waals surface area contributed by atoms with Gasteiger partial charge < -0.3 is 9.40 Å². The molecule has 2 aromatic heterocycles. The van der Waals surface area contributed by atoms with E-state index in [4.69, 9.17) is 4.42 Å². The maximum atomic E-state index is 13.4. The third kappa shape index (κ3) is 4.06. The molecular weight excluding hydrogens is 299 g/mol. The van der Waals surface area contributed by atoms with Crippen LogP contribution in [0.2, 0.25) is 0 Å². The van der Waals surface area contributed by atoms with Crippen molar-refractivity contribution in [2.75, 3.05) is 0 Å². The Balaban J connectivity index is 2.36. The fraction of sp³-hybridized carbons (Fsp3) is 0.588. The Morgan fingerprint density at radius 2 is 2.00 bits per heavy atom. The lowest BCUT2D eigenvalue weighted by molar-refractivity contribution is 0.355. The summed E-state index contributed by atoms with van der Waals surface area (Å²) in [6, 6.07) is 1.34. The van der Waals surface area contributed by atoms with E-state index in [0.29, 0.717) is 17.9 Å². The van der Waals surface area contributed by atoms with Gasteiger partial charge in [0, 0.05) is 6.07 Å². The minimum absolute atomic E-state index is 0.0849. The molecule has 0 spiro atoms. The average molecular weight is 322 g/mol. The lowest BCUT2D eigenvalue weighted by Crippen LogP contribution is -2.16. The molecular formula is C17H23FN2O3. The molecule has 0 saturated carbocycles. The topological polar surface area (TPSA) is 76.0 Å². The molecule has 0 aliphatic carbocycles. The van der Waals surface area contributed by atoms with Crippen molar-refractivity contribution in [3.63, 3.8) is 0 Å². The monoisotopic (exact) mass is 322 g/mol. The van der Waals surface area contributed by atoms with Gasteiger partial charge in [-0.25, -0.2) is 9.18 Å². The molecule has 2 rings (SSSR count). The summed E-state index contributed by atoms with van der Waals surface area (Å²) < 4.78 is 18.4. The third-order valence-corrected chi connectivity index (χ3v) is 4.30. The molecule has 2 aromatic rings. The highest BCUT2D eigenvalue weighted by Crippen LogP contribution is 2.20. The second-order valence-electron chi connectivity index (χ2n) is 5.91. The van der Waals surface area contributed by atoms with Gasteiger partial charge >= 0.3 is 5.63 Å². The molecule has 1 N–H and O–H groups in total. The van der Waals surface area contributed by atoms with Gasteiger partial charge in [0.05, 0.1) is 0 Å². The van der Waals surface area contributed by atoms with Crippen LogP contribution in [0.3, 0.4) is 0 Å². The van der Waals surface area contributed by atoms with Crippen molar-refractivity contribution < 1.29 is 8.81 Å². The van der Waals surface area contributed by atoms with E-state index in [1.54, 1.807) is 0 Å². The number of aromatic nitrogens is 2. The highest BCUT2D eigenvalue weighted by Gasteiger charge is 2.15. The summed E-state index contributed by atoms with van der Waals surface area (Å²) in [4.78, 5) is 30.3. The number of rotatable bonds is 7. The Morgan fingerprint density at radius 3 is 2.61 bits per heavy atom. The molecule has 0 aliphatic heterocycles. The first-order valence-corrected chi connectivity index (χ1v) is 8.17. The van der Waals surface area contributed by atoms with E-state index in [2.05, 4.69) is 23.8 Å². The van der Waals surface area contributed by atoms with Crippen molar-refractivity contribution in [3.05, 3.63) is 38.2 Å². The second-order valence-corrected chi connectivity index (χ2v) is 5.91. The lowest BCUT2D eigenvalue weighted by atomic mass is 9.95. The summed E-state index contributed by atoms with van der Waals surface area (Å²) in [6.45, 7) is 5.59. The van der Waals surface area contributed by atoms with Crippen LogP contribution in [-0.2, 0) is 6.42 Å². The summed E-state index contributed by atoms with van der Waals surface area (Å²) in [5.74, 6) is 0.525. The molecule has 5 nitrogen and oxygen atoms in total. The summed E-state index contributed by atoms with van der Waals surface area (Å²) >= 11 is 0. The minimum Gasteiger partial charge on any atom is -0.403 e. The van der Waals surface area contributed by atoms with Crippen molar-refractivity contribution in [1.29, 1.82) is 0 Å². The number of hydrogen-bond donors (Lipinski definition) is 1. The van der Waals surface area contributed by atoms with Crippen LogP contribution in [0.15, 0.2) is 20.1 Å². The number of fused-ring (bicyclic) bond motifs is 1. The average Bonchev–Trinajstić information content (AvgIpc) is 2.50. The smallest absolute Gasteiger partial charge is 0.337 e. The van der Waals surface area contributed by atoms with Crippen molar-refractivity contribution in [3.8, 4) is 0 Å². The first-order valence-electron chi connectivity index (χ1n) is 8.17. The largest absolute Gasteiger partial charge is 0.403 e. The van der Waals surface area contributed by atoms with E-state index < -0.39 is 17.4 Å². The summed E-state index contributed by atoms with van der Waals surface area (Å²) in [5.41, 5.74) is -0.492. The molecule has 0 bridgehead atoms. The van der Waals surface area contributed by atoms with E-state index in [1.165, 1.54) is 13.0 Å². The Labute approximate surface area is 133 Å². The third-order valence-electron chi connectivity index (χ3n) is 4.30. The van der Waals surface area contributed by atoms with Gasteiger partial charge in [-0.05, 0) is 31.2 Å². The van der Waals surface area contributed by atoms with Crippen LogP contribution < -0.4 is 11.2 Å². The molecule has 0 amide bonds. The van der Waals surface area contributed by atoms with Crippen LogP contribution in [0.5, 0.6) is 0 Å². The molecule has 0 aromatic carbocycles. The quantitative estimate of drug-likeness (QED) is 0.844. The van der Waals surface area contributed by atoms with E-state index in [-0.39, 0.29) is 16.9 Å². The molecule has 2 heterocycles. The van der Waals surface area contributed by atoms with Gasteiger partial charge in [0.15, 0.2) is 6.17 Å². The number of nitrogens with zero attached hydrogens (tertiary/aromatic N) is 1. The molecule has 0 aliphatic rings. The second kappa shape index (κ2) is 7.53. The van der Waals surface area contributed by atoms with Crippen LogP contribution >= 0.6 is 0 Å². The lowest BCUT2D eigenvalue weighted by Gasteiger charge is -2.12. The van der Waals surface area contributed by atoms with Gasteiger partial charge in [-0.15, -0.1) is 0 Å². The number of aromatic amines is 1. The zero-order chi connectivity index (χ0) is 17.0. The maximum absolute atomic E-state index is 13.4. The van der Waals surface area contributed by atoms with Crippen LogP contribution in [0, 0.1) is 5.92 Å². The van der Waals surface area contributed by atoms with Gasteiger partial charge in [0.2, 0.25) is 5.71 Å². The summed E-state index contributed by atoms with van der Waals surface area (Å²) in [5, 5.41) is 0.249. The standard InChI is InChI=1S/C17H23FN2O3/c1-4-11(5-2)7-6-8-12-9-13(21)23-17-14(12)16(22)19-15(20-17)10(3)18/h9-11H,4-8H2,1-3H3,(H,19,20,22). The molecule has 1 atom stereocenters. The molecule has 6 heteroatoms. The molecule has 0 radical (unpaired) electrons. The predicted molar refractivity (Wildman–Crippen MR) is 87.4 cm³/mol. The van der Waals surface area contributed by atoms with Crippen LogP contribution in [0.25, 0.3) is 11.1 Å². The van der Waals surface area contributed by atoms with Gasteiger partial charge in [-0.2, -0.15) is 4.98 Å². The molecule has 126 valence electrons. The predicted octanol–water partition coefficient (Wildman–Crippen LogP) is 3.67. The number of hydrogen-bond acceptors (Lipinski definition) is 4. The van der Waals surface area contributed by atoms with Crippen molar-refractivity contribution in [2.45, 2.75) is 59.0 Å². The number of nitrogens with one attached hydrogen (secondary N) is 1. The van der Waals surface area contributed by atoms with E-state index in [9.17, 15) is 14.0 Å².